The molecule has 0 aliphatic carbocycles. The molecule has 0 radical (unpaired) electrons. The maximum atomic E-state index is 13.8. The lowest BCUT2D eigenvalue weighted by Crippen LogP contribution is -2.61. The highest BCUT2D eigenvalue weighted by molar-refractivity contribution is 7.47. The average Bonchev–Trinajstić information content (AvgIpc) is 3.76. The summed E-state index contributed by atoms with van der Waals surface area (Å²) in [5.74, 6) is -4.98. The summed E-state index contributed by atoms with van der Waals surface area (Å²) in [7, 11) is -4.74. The third-order valence-corrected chi connectivity index (χ3v) is 9.61. The first-order chi connectivity index (χ1) is 25.0. The number of allylic oxidation sites excluding steroid dienone is 1. The topological polar surface area (TPSA) is 294 Å². The van der Waals surface area contributed by atoms with Crippen LogP contribution in [0.4, 0.5) is 0 Å². The minimum atomic E-state index is -4.74. The molecule has 3 heterocycles. The SMILES string of the molecule is CC(=O)N1C[C@H]2C[C@H]1C(=O)N[C@@H](CC(C)C)C(=O)N[C@@H](Cc1cnc[nH]1)C(=O)N[C@@H](CO)C(=O)N[C@H](C(N)=O)[C@@H](C)OP(=O)(O)OCCCC/C=C/O2. The first kappa shape index (κ1) is 43.0. The molecule has 8 atom stereocenters. The third-order valence-electron chi connectivity index (χ3n) is 8.50. The molecule has 1 aromatic rings. The van der Waals surface area contributed by atoms with E-state index in [-0.39, 0.29) is 44.2 Å². The van der Waals surface area contributed by atoms with Gasteiger partial charge in [0.25, 0.3) is 0 Å². The Labute approximate surface area is 306 Å². The summed E-state index contributed by atoms with van der Waals surface area (Å²) >= 11 is 0. The van der Waals surface area contributed by atoms with Crippen molar-refractivity contribution in [1.82, 2.24) is 36.1 Å². The summed E-state index contributed by atoms with van der Waals surface area (Å²) < 4.78 is 28.5. The van der Waals surface area contributed by atoms with Gasteiger partial charge in [0, 0.05) is 31.7 Å². The zero-order valence-electron chi connectivity index (χ0n) is 30.2. The lowest BCUT2D eigenvalue weighted by molar-refractivity contribution is -0.139. The highest BCUT2D eigenvalue weighted by Crippen LogP contribution is 2.45. The second-order valence-electron chi connectivity index (χ2n) is 13.3. The van der Waals surface area contributed by atoms with Crippen molar-refractivity contribution in [2.24, 2.45) is 11.7 Å². The molecule has 53 heavy (non-hydrogen) atoms. The van der Waals surface area contributed by atoms with E-state index < -0.39 is 86.4 Å². The maximum absolute atomic E-state index is 13.8. The van der Waals surface area contributed by atoms with Crippen LogP contribution in [-0.2, 0) is 53.5 Å². The van der Waals surface area contributed by atoms with Gasteiger partial charge in [0.05, 0.1) is 38.5 Å². The van der Waals surface area contributed by atoms with Gasteiger partial charge in [-0.2, -0.15) is 0 Å². The Hall–Kier alpha value is -4.36. The lowest BCUT2D eigenvalue weighted by atomic mass is 10.0. The quantitative estimate of drug-likeness (QED) is 0.155. The fourth-order valence-electron chi connectivity index (χ4n) is 5.78. The molecule has 21 heteroatoms. The van der Waals surface area contributed by atoms with Crippen LogP contribution >= 0.6 is 7.82 Å². The molecule has 2 aliphatic heterocycles. The minimum absolute atomic E-state index is 0.0988. The van der Waals surface area contributed by atoms with Gasteiger partial charge in [-0.3, -0.25) is 37.8 Å². The number of nitrogens with one attached hydrogen (secondary N) is 5. The highest BCUT2D eigenvalue weighted by atomic mass is 31.2. The number of amides is 6. The molecule has 3 rings (SSSR count). The summed E-state index contributed by atoms with van der Waals surface area (Å²) in [6.45, 7) is 5.15. The van der Waals surface area contributed by atoms with Crippen molar-refractivity contribution in [3.8, 4) is 0 Å². The Morgan fingerprint density at radius 1 is 1.04 bits per heavy atom. The van der Waals surface area contributed by atoms with Crippen molar-refractivity contribution < 1.29 is 57.1 Å². The third kappa shape index (κ3) is 13.5. The van der Waals surface area contributed by atoms with Crippen LogP contribution in [-0.4, -0.2) is 122 Å². The van der Waals surface area contributed by atoms with Crippen LogP contribution in [0.1, 0.15) is 65.5 Å². The van der Waals surface area contributed by atoms with Crippen LogP contribution < -0.4 is 27.0 Å². The van der Waals surface area contributed by atoms with Crippen molar-refractivity contribution in [1.29, 1.82) is 0 Å². The fourth-order valence-corrected chi connectivity index (χ4v) is 6.74. The van der Waals surface area contributed by atoms with Crippen LogP contribution in [0.2, 0.25) is 0 Å². The predicted octanol–water partition coefficient (Wildman–Crippen LogP) is -1.36. The van der Waals surface area contributed by atoms with Crippen LogP contribution in [0.5, 0.6) is 0 Å². The van der Waals surface area contributed by atoms with E-state index in [0.717, 1.165) is 0 Å². The Balaban J connectivity index is 1.93. The molecule has 1 fully saturated rings. The number of nitrogens with zero attached hydrogens (tertiary/aromatic N) is 2. The summed E-state index contributed by atoms with van der Waals surface area (Å²) in [5.41, 5.74) is 5.86. The molecular formula is C32H51N8O12P. The number of rotatable bonds is 6. The Bertz CT molecular complexity index is 1510. The van der Waals surface area contributed by atoms with Crippen molar-refractivity contribution in [2.45, 2.75) is 109 Å². The van der Waals surface area contributed by atoms with Gasteiger partial charge in [-0.05, 0) is 44.6 Å². The average molecular weight is 771 g/mol. The molecule has 0 saturated carbocycles. The number of nitrogens with two attached hydrogens (primary N) is 1. The van der Waals surface area contributed by atoms with Crippen molar-refractivity contribution in [3.63, 3.8) is 0 Å². The number of imidazole rings is 1. The Morgan fingerprint density at radius 3 is 2.32 bits per heavy atom. The summed E-state index contributed by atoms with van der Waals surface area (Å²) in [6.07, 6.45) is 5.40. The second-order valence-corrected chi connectivity index (χ2v) is 14.7. The van der Waals surface area contributed by atoms with Gasteiger partial charge in [0.1, 0.15) is 36.3 Å². The smallest absolute Gasteiger partial charge is 0.472 e. The number of carbonyl (C=O) groups excluding carboxylic acids is 6. The first-order valence-corrected chi connectivity index (χ1v) is 18.8. The number of hydrogen-bond donors (Lipinski definition) is 8. The van der Waals surface area contributed by atoms with Crippen molar-refractivity contribution >= 4 is 43.3 Å². The number of aliphatic hydroxyl groups excluding tert-OH is 1. The van der Waals surface area contributed by atoms with Crippen LogP contribution in [0.25, 0.3) is 0 Å². The van der Waals surface area contributed by atoms with E-state index >= 15 is 0 Å². The van der Waals surface area contributed by atoms with Crippen LogP contribution in [0.15, 0.2) is 24.9 Å². The number of likely N-dealkylation sites (tertiary alicyclic amines) is 1. The number of carbonyl (C=O) groups is 6. The number of phosphoric acid groups is 1. The van der Waals surface area contributed by atoms with E-state index in [2.05, 4.69) is 31.2 Å². The van der Waals surface area contributed by atoms with Crippen LogP contribution in [0.3, 0.4) is 0 Å². The minimum Gasteiger partial charge on any atom is -0.496 e. The molecule has 0 aromatic carbocycles. The van der Waals surface area contributed by atoms with E-state index in [1.807, 2.05) is 13.8 Å². The number of ether oxygens (including phenoxy) is 1. The summed E-state index contributed by atoms with van der Waals surface area (Å²) in [5, 5.41) is 20.0. The second kappa shape index (κ2) is 20.2. The number of hydrogen-bond acceptors (Lipinski definition) is 12. The normalized spacial score (nSPS) is 31.1. The van der Waals surface area contributed by atoms with Gasteiger partial charge >= 0.3 is 7.82 Å². The Kier molecular flexibility index (Phi) is 16.4. The van der Waals surface area contributed by atoms with E-state index in [1.54, 1.807) is 6.08 Å². The Morgan fingerprint density at radius 2 is 1.70 bits per heavy atom. The molecule has 20 nitrogen and oxygen atoms in total. The first-order valence-electron chi connectivity index (χ1n) is 17.3. The molecule has 1 unspecified atom stereocenters. The van der Waals surface area contributed by atoms with Gasteiger partial charge in [-0.15, -0.1) is 0 Å². The molecule has 9 N–H and O–H groups in total. The predicted molar refractivity (Wildman–Crippen MR) is 186 cm³/mol. The van der Waals surface area contributed by atoms with E-state index in [9.17, 15) is 43.3 Å². The van der Waals surface area contributed by atoms with E-state index in [1.165, 1.54) is 37.5 Å². The molecule has 296 valence electrons. The highest BCUT2D eigenvalue weighted by Gasteiger charge is 2.41. The number of aromatic amines is 1. The van der Waals surface area contributed by atoms with E-state index in [0.29, 0.717) is 25.0 Å². The van der Waals surface area contributed by atoms with Crippen molar-refractivity contribution in [3.05, 3.63) is 30.6 Å². The summed E-state index contributed by atoms with van der Waals surface area (Å²) in [6, 6.07) is -6.86. The summed E-state index contributed by atoms with van der Waals surface area (Å²) in [4.78, 5) is 97.4. The molecule has 6 amide bonds. The number of primary amides is 1. The van der Waals surface area contributed by atoms with Gasteiger partial charge < -0.3 is 51.6 Å². The largest absolute Gasteiger partial charge is 0.496 e. The number of H-pyrrole nitrogens is 1. The molecular weight excluding hydrogens is 719 g/mol. The molecule has 1 aromatic heterocycles. The molecule has 0 spiro atoms. The van der Waals surface area contributed by atoms with Crippen molar-refractivity contribution in [2.75, 3.05) is 19.8 Å². The van der Waals surface area contributed by atoms with Gasteiger partial charge in [-0.1, -0.05) is 13.8 Å². The fraction of sp³-hybridized carbons (Fsp3) is 0.656. The number of fused-ring (bicyclic) bond motifs is 2. The van der Waals surface area contributed by atoms with Gasteiger partial charge in [0.2, 0.25) is 35.4 Å². The number of phosphoric ester groups is 1. The zero-order chi connectivity index (χ0) is 39.3. The van der Waals surface area contributed by atoms with Crippen LogP contribution in [0, 0.1) is 5.92 Å². The monoisotopic (exact) mass is 770 g/mol. The molecule has 2 bridgehead atoms. The van der Waals surface area contributed by atoms with E-state index in [4.69, 9.17) is 19.5 Å². The van der Waals surface area contributed by atoms with Gasteiger partial charge in [0.15, 0.2) is 0 Å². The van der Waals surface area contributed by atoms with Gasteiger partial charge in [-0.25, -0.2) is 9.55 Å². The zero-order valence-corrected chi connectivity index (χ0v) is 31.1. The molecule has 2 aliphatic rings. The maximum Gasteiger partial charge on any atom is 0.472 e. The lowest BCUT2D eigenvalue weighted by Gasteiger charge is -2.28. The number of aromatic nitrogens is 2. The molecule has 1 saturated heterocycles. The number of aliphatic hydroxyl groups is 1. The standard InChI is InChI=1S/C32H51N8O12P/c1-18(2)11-23-29(44)36-24(12-21-14-34-17-35-21)30(45)38-25(16-41)31(46)39-27(28(33)43)19(3)52-53(48,49)51-10-8-6-5-7-9-50-22-13-26(32(47)37-23)40(15-22)20(4)42/h7,9,14,17-19,22-27,41H,5-6,8,10-13,15-16H2,1-4H3,(H2,33,43)(H,34,35)(H,36,44)(H,37,47)(H,38,45)(H,39,46)(H,48,49)/b9-7+/t19-,22-,23+,24+,25+,26+,27+/m1/s1.